The first-order valence-electron chi connectivity index (χ1n) is 7.58. The largest absolute Gasteiger partial charge is 0.493 e. The SMILES string of the molecule is COc1ccnc(CN2CCc3cc(C)ccc3C2)c1OC. The fourth-order valence-electron chi connectivity index (χ4n) is 3.05. The summed E-state index contributed by atoms with van der Waals surface area (Å²) < 4.78 is 10.8. The number of hydrogen-bond donors (Lipinski definition) is 0. The average Bonchev–Trinajstić information content (AvgIpc) is 2.54. The molecule has 4 nitrogen and oxygen atoms in total. The number of pyridine rings is 1. The number of methoxy groups -OCH3 is 2. The van der Waals surface area contributed by atoms with Gasteiger partial charge in [-0.05, 0) is 24.5 Å². The molecule has 0 fully saturated rings. The molecule has 0 atom stereocenters. The number of benzene rings is 1. The van der Waals surface area contributed by atoms with E-state index in [1.54, 1.807) is 20.4 Å². The van der Waals surface area contributed by atoms with Crippen LogP contribution >= 0.6 is 0 Å². The molecule has 1 aromatic carbocycles. The summed E-state index contributed by atoms with van der Waals surface area (Å²) in [6.07, 6.45) is 2.86. The lowest BCUT2D eigenvalue weighted by Gasteiger charge is -2.29. The third kappa shape index (κ3) is 2.92. The smallest absolute Gasteiger partial charge is 0.183 e. The standard InChI is InChI=1S/C18H22N2O2/c1-13-4-5-15-11-20(9-7-14(15)10-13)12-16-18(22-3)17(21-2)6-8-19-16/h4-6,8,10H,7,9,11-12H2,1-3H3. The molecule has 1 aromatic heterocycles. The number of aryl methyl sites for hydroxylation is 1. The van der Waals surface area contributed by atoms with Crippen molar-refractivity contribution in [2.24, 2.45) is 0 Å². The Hall–Kier alpha value is -2.07. The van der Waals surface area contributed by atoms with E-state index in [4.69, 9.17) is 9.47 Å². The first kappa shape index (κ1) is 14.9. The van der Waals surface area contributed by atoms with E-state index >= 15 is 0 Å². The number of nitrogens with zero attached hydrogens (tertiary/aromatic N) is 2. The number of fused-ring (bicyclic) bond motifs is 1. The highest BCUT2D eigenvalue weighted by atomic mass is 16.5. The maximum atomic E-state index is 5.48. The Morgan fingerprint density at radius 1 is 1.14 bits per heavy atom. The van der Waals surface area contributed by atoms with Crippen molar-refractivity contribution in [1.82, 2.24) is 9.88 Å². The maximum absolute atomic E-state index is 5.48. The molecule has 0 N–H and O–H groups in total. The van der Waals surface area contributed by atoms with Gasteiger partial charge in [0, 0.05) is 31.9 Å². The molecule has 116 valence electrons. The Morgan fingerprint density at radius 2 is 2.00 bits per heavy atom. The van der Waals surface area contributed by atoms with Gasteiger partial charge in [0.15, 0.2) is 11.5 Å². The van der Waals surface area contributed by atoms with E-state index in [1.165, 1.54) is 16.7 Å². The quantitative estimate of drug-likeness (QED) is 0.869. The first-order chi connectivity index (χ1) is 10.7. The van der Waals surface area contributed by atoms with Gasteiger partial charge in [-0.2, -0.15) is 0 Å². The van der Waals surface area contributed by atoms with E-state index in [0.717, 1.165) is 43.2 Å². The van der Waals surface area contributed by atoms with Gasteiger partial charge in [-0.3, -0.25) is 9.88 Å². The second kappa shape index (κ2) is 6.36. The Labute approximate surface area is 131 Å². The summed E-state index contributed by atoms with van der Waals surface area (Å²) in [5, 5.41) is 0. The minimum atomic E-state index is 0.736. The van der Waals surface area contributed by atoms with Crippen molar-refractivity contribution in [1.29, 1.82) is 0 Å². The number of aromatic nitrogens is 1. The molecule has 0 bridgehead atoms. The van der Waals surface area contributed by atoms with E-state index in [9.17, 15) is 0 Å². The van der Waals surface area contributed by atoms with Crippen molar-refractivity contribution in [2.45, 2.75) is 26.4 Å². The van der Waals surface area contributed by atoms with E-state index < -0.39 is 0 Å². The van der Waals surface area contributed by atoms with Gasteiger partial charge in [-0.1, -0.05) is 23.8 Å². The molecule has 0 saturated heterocycles. The van der Waals surface area contributed by atoms with Crippen LogP contribution in [0.1, 0.15) is 22.4 Å². The van der Waals surface area contributed by atoms with Crippen molar-refractivity contribution in [3.8, 4) is 11.5 Å². The summed E-state index contributed by atoms with van der Waals surface area (Å²) in [7, 11) is 3.32. The van der Waals surface area contributed by atoms with E-state index in [1.807, 2.05) is 6.07 Å². The lowest BCUT2D eigenvalue weighted by molar-refractivity contribution is 0.236. The van der Waals surface area contributed by atoms with E-state index in [-0.39, 0.29) is 0 Å². The summed E-state index contributed by atoms with van der Waals surface area (Å²) in [5.74, 6) is 1.47. The van der Waals surface area contributed by atoms with Gasteiger partial charge >= 0.3 is 0 Å². The van der Waals surface area contributed by atoms with Crippen molar-refractivity contribution in [2.75, 3.05) is 20.8 Å². The highest BCUT2D eigenvalue weighted by molar-refractivity contribution is 5.42. The van der Waals surface area contributed by atoms with Crippen molar-refractivity contribution < 1.29 is 9.47 Å². The van der Waals surface area contributed by atoms with Crippen LogP contribution in [0.5, 0.6) is 11.5 Å². The van der Waals surface area contributed by atoms with Crippen molar-refractivity contribution in [3.05, 3.63) is 52.8 Å². The van der Waals surface area contributed by atoms with Crippen LogP contribution in [0.2, 0.25) is 0 Å². The topological polar surface area (TPSA) is 34.6 Å². The molecule has 0 amide bonds. The zero-order valence-electron chi connectivity index (χ0n) is 13.4. The van der Waals surface area contributed by atoms with Gasteiger partial charge in [-0.15, -0.1) is 0 Å². The van der Waals surface area contributed by atoms with Gasteiger partial charge in [0.1, 0.15) is 5.69 Å². The summed E-state index contributed by atoms with van der Waals surface area (Å²) >= 11 is 0. The van der Waals surface area contributed by atoms with Gasteiger partial charge in [0.25, 0.3) is 0 Å². The molecule has 2 heterocycles. The Bertz CT molecular complexity index is 670. The number of hydrogen-bond acceptors (Lipinski definition) is 4. The van der Waals surface area contributed by atoms with Crippen LogP contribution in [0.3, 0.4) is 0 Å². The lowest BCUT2D eigenvalue weighted by Crippen LogP contribution is -2.30. The molecule has 22 heavy (non-hydrogen) atoms. The summed E-state index contributed by atoms with van der Waals surface area (Å²) in [4.78, 5) is 6.88. The van der Waals surface area contributed by atoms with Crippen molar-refractivity contribution >= 4 is 0 Å². The zero-order valence-corrected chi connectivity index (χ0v) is 13.4. The fraction of sp³-hybridized carbons (Fsp3) is 0.389. The molecule has 0 unspecified atom stereocenters. The second-order valence-electron chi connectivity index (χ2n) is 5.73. The summed E-state index contributed by atoms with van der Waals surface area (Å²) in [5.41, 5.74) is 5.15. The van der Waals surface area contributed by atoms with Crippen LogP contribution < -0.4 is 9.47 Å². The molecular weight excluding hydrogens is 276 g/mol. The minimum absolute atomic E-state index is 0.736. The van der Waals surface area contributed by atoms with E-state index in [2.05, 4.69) is 35.0 Å². The monoisotopic (exact) mass is 298 g/mol. The molecule has 3 rings (SSSR count). The van der Waals surface area contributed by atoms with Crippen LogP contribution in [-0.4, -0.2) is 30.6 Å². The number of ether oxygens (including phenoxy) is 2. The Balaban J connectivity index is 1.79. The maximum Gasteiger partial charge on any atom is 0.183 e. The predicted octanol–water partition coefficient (Wildman–Crippen LogP) is 2.97. The van der Waals surface area contributed by atoms with Crippen LogP contribution in [0.4, 0.5) is 0 Å². The normalized spacial score (nSPS) is 14.5. The zero-order chi connectivity index (χ0) is 15.5. The average molecular weight is 298 g/mol. The second-order valence-corrected chi connectivity index (χ2v) is 5.73. The van der Waals surface area contributed by atoms with Crippen LogP contribution in [0, 0.1) is 6.92 Å². The molecule has 0 aliphatic carbocycles. The van der Waals surface area contributed by atoms with Crippen LogP contribution in [-0.2, 0) is 19.5 Å². The third-order valence-electron chi connectivity index (χ3n) is 4.19. The van der Waals surface area contributed by atoms with Crippen molar-refractivity contribution in [3.63, 3.8) is 0 Å². The highest BCUT2D eigenvalue weighted by Crippen LogP contribution is 2.31. The van der Waals surface area contributed by atoms with Crippen LogP contribution in [0.25, 0.3) is 0 Å². The van der Waals surface area contributed by atoms with Gasteiger partial charge in [0.05, 0.1) is 14.2 Å². The Kier molecular flexibility index (Phi) is 4.29. The molecule has 0 saturated carbocycles. The predicted molar refractivity (Wildman–Crippen MR) is 86.3 cm³/mol. The van der Waals surface area contributed by atoms with Gasteiger partial charge in [-0.25, -0.2) is 0 Å². The molecule has 0 spiro atoms. The molecule has 1 aliphatic rings. The molecule has 0 radical (unpaired) electrons. The van der Waals surface area contributed by atoms with E-state index in [0.29, 0.717) is 0 Å². The molecular formula is C18H22N2O2. The fourth-order valence-corrected chi connectivity index (χ4v) is 3.05. The highest BCUT2D eigenvalue weighted by Gasteiger charge is 2.19. The first-order valence-corrected chi connectivity index (χ1v) is 7.58. The third-order valence-corrected chi connectivity index (χ3v) is 4.19. The molecule has 2 aromatic rings. The summed E-state index contributed by atoms with van der Waals surface area (Å²) in [6.45, 7) is 4.92. The lowest BCUT2D eigenvalue weighted by atomic mass is 9.97. The van der Waals surface area contributed by atoms with Gasteiger partial charge in [0.2, 0.25) is 0 Å². The minimum Gasteiger partial charge on any atom is -0.493 e. The number of rotatable bonds is 4. The molecule has 1 aliphatic heterocycles. The Morgan fingerprint density at radius 3 is 2.77 bits per heavy atom. The van der Waals surface area contributed by atoms with Gasteiger partial charge < -0.3 is 9.47 Å². The molecule has 4 heteroatoms. The summed E-state index contributed by atoms with van der Waals surface area (Å²) in [6, 6.07) is 8.56. The van der Waals surface area contributed by atoms with Crippen LogP contribution in [0.15, 0.2) is 30.5 Å².